The van der Waals surface area contributed by atoms with Crippen molar-refractivity contribution in [3.63, 3.8) is 0 Å². The fourth-order valence-electron chi connectivity index (χ4n) is 2.78. The van der Waals surface area contributed by atoms with Gasteiger partial charge in [-0.1, -0.05) is 0 Å². The van der Waals surface area contributed by atoms with E-state index in [4.69, 9.17) is 0 Å². The Morgan fingerprint density at radius 3 is 2.61 bits per heavy atom. The third kappa shape index (κ3) is 4.22. The van der Waals surface area contributed by atoms with E-state index < -0.39 is 0 Å². The molecule has 0 saturated carbocycles. The van der Waals surface area contributed by atoms with Crippen LogP contribution >= 0.6 is 11.3 Å². The number of nitrogens with zero attached hydrogens (tertiary/aromatic N) is 2. The van der Waals surface area contributed by atoms with Gasteiger partial charge in [0.1, 0.15) is 0 Å². The van der Waals surface area contributed by atoms with Crippen LogP contribution in [0.2, 0.25) is 0 Å². The minimum absolute atomic E-state index is 0.0383. The van der Waals surface area contributed by atoms with Gasteiger partial charge in [0.25, 0.3) is 0 Å². The van der Waals surface area contributed by atoms with Crippen LogP contribution in [0.1, 0.15) is 25.0 Å². The fourth-order valence-corrected chi connectivity index (χ4v) is 3.45. The summed E-state index contributed by atoms with van der Waals surface area (Å²) in [5.74, 6) is -0.0383. The van der Waals surface area contributed by atoms with Gasteiger partial charge in [0.2, 0.25) is 5.91 Å². The molecule has 2 aromatic rings. The maximum absolute atomic E-state index is 12.1. The molecule has 0 radical (unpaired) electrons. The van der Waals surface area contributed by atoms with E-state index in [9.17, 15) is 4.79 Å². The second kappa shape index (κ2) is 7.46. The Morgan fingerprint density at radius 2 is 1.96 bits per heavy atom. The van der Waals surface area contributed by atoms with Gasteiger partial charge in [0, 0.05) is 36.9 Å². The topological polar surface area (TPSA) is 57.3 Å². The molecule has 2 heterocycles. The smallest absolute Gasteiger partial charge is 0.230 e. The highest BCUT2D eigenvalue weighted by Crippen LogP contribution is 2.22. The maximum atomic E-state index is 12.1. The Bertz CT molecular complexity index is 647. The fraction of sp³-hybridized carbons (Fsp3) is 0.412. The first-order chi connectivity index (χ1) is 11.2. The van der Waals surface area contributed by atoms with Crippen molar-refractivity contribution >= 4 is 33.8 Å². The van der Waals surface area contributed by atoms with E-state index in [1.165, 1.54) is 36.3 Å². The summed E-state index contributed by atoms with van der Waals surface area (Å²) in [5.41, 5.74) is 2.86. The molecule has 0 unspecified atom stereocenters. The van der Waals surface area contributed by atoms with Crippen LogP contribution in [0.5, 0.6) is 0 Å². The van der Waals surface area contributed by atoms with E-state index >= 15 is 0 Å². The van der Waals surface area contributed by atoms with Crippen LogP contribution < -0.4 is 15.5 Å². The molecule has 0 bridgehead atoms. The molecule has 6 heteroatoms. The highest BCUT2D eigenvalue weighted by atomic mass is 32.1. The summed E-state index contributed by atoms with van der Waals surface area (Å²) < 4.78 is 0. The Hall–Kier alpha value is -2.08. The largest absolute Gasteiger partial charge is 0.372 e. The monoisotopic (exact) mass is 330 g/mol. The predicted octanol–water partition coefficient (Wildman–Crippen LogP) is 3.36. The van der Waals surface area contributed by atoms with Gasteiger partial charge in [-0.3, -0.25) is 4.79 Å². The number of carbonyl (C=O) groups excluding carboxylic acids is 1. The predicted molar refractivity (Wildman–Crippen MR) is 96.5 cm³/mol. The number of carbonyl (C=O) groups is 1. The van der Waals surface area contributed by atoms with Crippen molar-refractivity contribution in [2.24, 2.45) is 0 Å². The molecule has 1 aliphatic rings. The number of hydrogen-bond donors (Lipinski definition) is 2. The summed E-state index contributed by atoms with van der Waals surface area (Å²) in [6.07, 6.45) is 4.16. The summed E-state index contributed by atoms with van der Waals surface area (Å²) >= 11 is 1.51. The van der Waals surface area contributed by atoms with Gasteiger partial charge in [-0.2, -0.15) is 0 Å². The Balaban J connectivity index is 1.55. The lowest BCUT2D eigenvalue weighted by Gasteiger charge is -2.28. The molecule has 1 saturated heterocycles. The Morgan fingerprint density at radius 1 is 1.22 bits per heavy atom. The standard InChI is InChI=1S/C17H22N4OS/c1-18-17-20-14(12-23-17)11-16(22)19-13-5-7-15(8-6-13)21-9-3-2-4-10-21/h5-8,12H,2-4,9-11H2,1H3,(H,18,20)(H,19,22). The molecule has 5 nitrogen and oxygen atoms in total. The van der Waals surface area contributed by atoms with E-state index in [0.717, 1.165) is 29.6 Å². The van der Waals surface area contributed by atoms with Crippen molar-refractivity contribution in [1.29, 1.82) is 0 Å². The van der Waals surface area contributed by atoms with Crippen LogP contribution in [0.25, 0.3) is 0 Å². The Kier molecular flexibility index (Phi) is 5.12. The molecule has 0 aliphatic carbocycles. The summed E-state index contributed by atoms with van der Waals surface area (Å²) in [6, 6.07) is 8.12. The van der Waals surface area contributed by atoms with Crippen molar-refractivity contribution in [3.8, 4) is 0 Å². The zero-order chi connectivity index (χ0) is 16.1. The van der Waals surface area contributed by atoms with Crippen molar-refractivity contribution in [2.75, 3.05) is 35.7 Å². The van der Waals surface area contributed by atoms with Gasteiger partial charge >= 0.3 is 0 Å². The molecule has 3 rings (SSSR count). The van der Waals surface area contributed by atoms with E-state index in [2.05, 4.69) is 32.7 Å². The minimum Gasteiger partial charge on any atom is -0.372 e. The van der Waals surface area contributed by atoms with Crippen LogP contribution in [-0.4, -0.2) is 31.0 Å². The van der Waals surface area contributed by atoms with Gasteiger partial charge < -0.3 is 15.5 Å². The number of rotatable bonds is 5. The highest BCUT2D eigenvalue weighted by Gasteiger charge is 2.11. The number of benzene rings is 1. The molecule has 1 aromatic heterocycles. The summed E-state index contributed by atoms with van der Waals surface area (Å²) in [5, 5.41) is 8.65. The van der Waals surface area contributed by atoms with E-state index in [0.29, 0.717) is 6.42 Å². The summed E-state index contributed by atoms with van der Waals surface area (Å²) in [7, 11) is 1.83. The minimum atomic E-state index is -0.0383. The number of piperidine rings is 1. The second-order valence-electron chi connectivity index (χ2n) is 5.71. The number of thiazole rings is 1. The number of hydrogen-bond acceptors (Lipinski definition) is 5. The number of anilines is 3. The molecular formula is C17H22N4OS. The second-order valence-corrected chi connectivity index (χ2v) is 6.57. The van der Waals surface area contributed by atoms with E-state index in [-0.39, 0.29) is 5.91 Å². The zero-order valence-electron chi connectivity index (χ0n) is 13.3. The molecule has 1 fully saturated rings. The number of amides is 1. The average Bonchev–Trinajstić information content (AvgIpc) is 3.04. The van der Waals surface area contributed by atoms with Gasteiger partial charge in [-0.25, -0.2) is 4.98 Å². The average molecular weight is 330 g/mol. The quantitative estimate of drug-likeness (QED) is 0.883. The van der Waals surface area contributed by atoms with Gasteiger partial charge in [0.15, 0.2) is 5.13 Å². The van der Waals surface area contributed by atoms with Crippen LogP contribution in [0.4, 0.5) is 16.5 Å². The molecule has 1 aromatic carbocycles. The lowest BCUT2D eigenvalue weighted by Crippen LogP contribution is -2.29. The lowest BCUT2D eigenvalue weighted by atomic mass is 10.1. The van der Waals surface area contributed by atoms with Crippen LogP contribution in [0.15, 0.2) is 29.6 Å². The molecule has 0 atom stereocenters. The lowest BCUT2D eigenvalue weighted by molar-refractivity contribution is -0.115. The zero-order valence-corrected chi connectivity index (χ0v) is 14.2. The van der Waals surface area contributed by atoms with Gasteiger partial charge in [-0.05, 0) is 43.5 Å². The van der Waals surface area contributed by atoms with E-state index in [1.807, 2.05) is 24.6 Å². The first-order valence-electron chi connectivity index (χ1n) is 8.01. The molecule has 1 aliphatic heterocycles. The third-order valence-electron chi connectivity index (χ3n) is 3.98. The van der Waals surface area contributed by atoms with Crippen molar-refractivity contribution in [1.82, 2.24) is 4.98 Å². The van der Waals surface area contributed by atoms with Gasteiger partial charge in [-0.15, -0.1) is 11.3 Å². The number of nitrogens with one attached hydrogen (secondary N) is 2. The molecule has 1 amide bonds. The molecular weight excluding hydrogens is 308 g/mol. The first kappa shape index (κ1) is 15.8. The Labute approximate surface area is 140 Å². The number of aromatic nitrogens is 1. The van der Waals surface area contributed by atoms with Crippen LogP contribution in [0.3, 0.4) is 0 Å². The highest BCUT2D eigenvalue weighted by molar-refractivity contribution is 7.13. The molecule has 23 heavy (non-hydrogen) atoms. The van der Waals surface area contributed by atoms with Crippen LogP contribution in [-0.2, 0) is 11.2 Å². The van der Waals surface area contributed by atoms with Crippen LogP contribution in [0, 0.1) is 0 Å². The third-order valence-corrected chi connectivity index (χ3v) is 4.89. The van der Waals surface area contributed by atoms with Crippen molar-refractivity contribution < 1.29 is 4.79 Å². The SMILES string of the molecule is CNc1nc(CC(=O)Nc2ccc(N3CCCCC3)cc2)cs1. The molecule has 0 spiro atoms. The maximum Gasteiger partial charge on any atom is 0.230 e. The summed E-state index contributed by atoms with van der Waals surface area (Å²) in [6.45, 7) is 2.26. The van der Waals surface area contributed by atoms with Crippen molar-refractivity contribution in [3.05, 3.63) is 35.3 Å². The normalized spacial score (nSPS) is 14.6. The summed E-state index contributed by atoms with van der Waals surface area (Å²) in [4.78, 5) is 18.8. The first-order valence-corrected chi connectivity index (χ1v) is 8.89. The van der Waals surface area contributed by atoms with E-state index in [1.54, 1.807) is 0 Å². The molecule has 2 N–H and O–H groups in total. The molecule has 122 valence electrons. The van der Waals surface area contributed by atoms with Gasteiger partial charge in [0.05, 0.1) is 12.1 Å². The van der Waals surface area contributed by atoms with Crippen molar-refractivity contribution in [2.45, 2.75) is 25.7 Å².